The average Bonchev–Trinajstić information content (AvgIpc) is 2.47. The van der Waals surface area contributed by atoms with Gasteiger partial charge in [-0.25, -0.2) is 5.43 Å². The van der Waals surface area contributed by atoms with Crippen molar-refractivity contribution in [3.8, 4) is 0 Å². The molecule has 0 bridgehead atoms. The van der Waals surface area contributed by atoms with Gasteiger partial charge in [-0.3, -0.25) is 4.79 Å². The summed E-state index contributed by atoms with van der Waals surface area (Å²) in [7, 11) is 0. The molecule has 1 amide bonds. The second-order valence-electron chi connectivity index (χ2n) is 4.93. The monoisotopic (exact) mass is 281 g/mol. The molecule has 0 aliphatic heterocycles. The lowest BCUT2D eigenvalue weighted by molar-refractivity contribution is -0.119. The van der Waals surface area contributed by atoms with E-state index in [0.29, 0.717) is 0 Å². The summed E-state index contributed by atoms with van der Waals surface area (Å²) in [5.74, 6) is -0.181. The topological polar surface area (TPSA) is 53.5 Å². The van der Waals surface area contributed by atoms with Crippen molar-refractivity contribution in [2.45, 2.75) is 13.8 Å². The summed E-state index contributed by atoms with van der Waals surface area (Å²) >= 11 is 0. The zero-order valence-electron chi connectivity index (χ0n) is 12.3. The van der Waals surface area contributed by atoms with Gasteiger partial charge in [0.2, 0.25) is 0 Å². The first-order valence-corrected chi connectivity index (χ1v) is 6.82. The van der Waals surface area contributed by atoms with Crippen LogP contribution in [0.25, 0.3) is 0 Å². The standard InChI is InChI=1S/C17H19N3O/c1-13-6-8-15(9-7-13)11-19-20-17(21)12-18-16-5-3-4-14(2)10-16/h3-11,18H,12H2,1-2H3,(H,20,21)/b19-11+. The van der Waals surface area contributed by atoms with Crippen molar-refractivity contribution in [3.05, 3.63) is 65.2 Å². The van der Waals surface area contributed by atoms with Crippen LogP contribution in [0.1, 0.15) is 16.7 Å². The highest BCUT2D eigenvalue weighted by atomic mass is 16.2. The molecule has 0 fully saturated rings. The Morgan fingerprint density at radius 2 is 1.86 bits per heavy atom. The second-order valence-corrected chi connectivity index (χ2v) is 4.93. The molecule has 4 heteroatoms. The number of anilines is 1. The van der Waals surface area contributed by atoms with Gasteiger partial charge < -0.3 is 5.32 Å². The minimum atomic E-state index is -0.181. The number of aryl methyl sites for hydroxylation is 2. The highest BCUT2D eigenvalue weighted by Crippen LogP contribution is 2.08. The summed E-state index contributed by atoms with van der Waals surface area (Å²) in [5, 5.41) is 6.99. The summed E-state index contributed by atoms with van der Waals surface area (Å²) in [6, 6.07) is 15.8. The number of nitrogens with one attached hydrogen (secondary N) is 2. The minimum absolute atomic E-state index is 0.181. The molecule has 2 aromatic carbocycles. The number of nitrogens with zero attached hydrogens (tertiary/aromatic N) is 1. The molecule has 0 aliphatic carbocycles. The van der Waals surface area contributed by atoms with E-state index in [-0.39, 0.29) is 12.5 Å². The third-order valence-electron chi connectivity index (χ3n) is 2.95. The fourth-order valence-electron chi connectivity index (χ4n) is 1.81. The third kappa shape index (κ3) is 5.10. The molecule has 2 N–H and O–H groups in total. The SMILES string of the molecule is Cc1ccc(/C=N/NC(=O)CNc2cccc(C)c2)cc1. The van der Waals surface area contributed by atoms with E-state index in [4.69, 9.17) is 0 Å². The average molecular weight is 281 g/mol. The Morgan fingerprint density at radius 3 is 2.57 bits per heavy atom. The number of amides is 1. The summed E-state index contributed by atoms with van der Waals surface area (Å²) in [6.45, 7) is 4.23. The minimum Gasteiger partial charge on any atom is -0.376 e. The molecule has 4 nitrogen and oxygen atoms in total. The Labute approximate surface area is 124 Å². The van der Waals surface area contributed by atoms with Crippen molar-refractivity contribution in [3.63, 3.8) is 0 Å². The molecule has 0 heterocycles. The van der Waals surface area contributed by atoms with E-state index in [2.05, 4.69) is 15.8 Å². The van der Waals surface area contributed by atoms with Gasteiger partial charge in [0.15, 0.2) is 0 Å². The lowest BCUT2D eigenvalue weighted by Gasteiger charge is -2.05. The van der Waals surface area contributed by atoms with Gasteiger partial charge in [0.25, 0.3) is 5.91 Å². The molecule has 21 heavy (non-hydrogen) atoms. The van der Waals surface area contributed by atoms with E-state index in [1.807, 2.05) is 62.4 Å². The number of carbonyl (C=O) groups is 1. The Balaban J connectivity index is 1.78. The molecule has 0 aliphatic rings. The fraction of sp³-hybridized carbons (Fsp3) is 0.176. The van der Waals surface area contributed by atoms with Gasteiger partial charge in [-0.1, -0.05) is 42.0 Å². The predicted octanol–water partition coefficient (Wildman–Crippen LogP) is 2.87. The molecular formula is C17H19N3O. The predicted molar refractivity (Wildman–Crippen MR) is 86.6 cm³/mol. The summed E-state index contributed by atoms with van der Waals surface area (Å²) in [4.78, 5) is 11.7. The number of hydrogen-bond donors (Lipinski definition) is 2. The lowest BCUT2D eigenvalue weighted by atomic mass is 10.2. The number of carbonyl (C=O) groups excluding carboxylic acids is 1. The van der Waals surface area contributed by atoms with Gasteiger partial charge in [-0.05, 0) is 37.1 Å². The number of hydrazone groups is 1. The van der Waals surface area contributed by atoms with Crippen LogP contribution in [-0.4, -0.2) is 18.7 Å². The van der Waals surface area contributed by atoms with Crippen molar-refractivity contribution in [2.75, 3.05) is 11.9 Å². The summed E-state index contributed by atoms with van der Waals surface area (Å²) in [6.07, 6.45) is 1.63. The zero-order chi connectivity index (χ0) is 15.1. The van der Waals surface area contributed by atoms with E-state index in [9.17, 15) is 4.79 Å². The van der Waals surface area contributed by atoms with Crippen molar-refractivity contribution >= 4 is 17.8 Å². The molecule has 0 radical (unpaired) electrons. The third-order valence-corrected chi connectivity index (χ3v) is 2.95. The Hall–Kier alpha value is -2.62. The lowest BCUT2D eigenvalue weighted by Crippen LogP contribution is -2.25. The molecule has 2 aromatic rings. The van der Waals surface area contributed by atoms with Crippen LogP contribution in [0.4, 0.5) is 5.69 Å². The van der Waals surface area contributed by atoms with Gasteiger partial charge in [-0.2, -0.15) is 5.10 Å². The van der Waals surface area contributed by atoms with Crippen LogP contribution in [0.3, 0.4) is 0 Å². The Kier molecular flexibility index (Phi) is 5.10. The number of hydrogen-bond acceptors (Lipinski definition) is 3. The molecule has 108 valence electrons. The van der Waals surface area contributed by atoms with Crippen LogP contribution < -0.4 is 10.7 Å². The molecular weight excluding hydrogens is 262 g/mol. The van der Waals surface area contributed by atoms with Gasteiger partial charge in [0.05, 0.1) is 12.8 Å². The van der Waals surface area contributed by atoms with Crippen molar-refractivity contribution in [1.82, 2.24) is 5.43 Å². The van der Waals surface area contributed by atoms with Gasteiger partial charge in [-0.15, -0.1) is 0 Å². The molecule has 0 aromatic heterocycles. The van der Waals surface area contributed by atoms with Crippen molar-refractivity contribution in [2.24, 2.45) is 5.10 Å². The van der Waals surface area contributed by atoms with E-state index < -0.39 is 0 Å². The summed E-state index contributed by atoms with van der Waals surface area (Å²) in [5.41, 5.74) is 6.72. The first kappa shape index (κ1) is 14.8. The van der Waals surface area contributed by atoms with Crippen LogP contribution in [0, 0.1) is 13.8 Å². The highest BCUT2D eigenvalue weighted by molar-refractivity contribution is 5.84. The fourth-order valence-corrected chi connectivity index (χ4v) is 1.81. The van der Waals surface area contributed by atoms with E-state index in [1.165, 1.54) is 5.56 Å². The second kappa shape index (κ2) is 7.24. The molecule has 0 saturated carbocycles. The normalized spacial score (nSPS) is 10.6. The van der Waals surface area contributed by atoms with Crippen molar-refractivity contribution < 1.29 is 4.79 Å². The molecule has 0 unspecified atom stereocenters. The molecule has 0 atom stereocenters. The summed E-state index contributed by atoms with van der Waals surface area (Å²) < 4.78 is 0. The first-order chi connectivity index (χ1) is 10.1. The maximum atomic E-state index is 11.7. The highest BCUT2D eigenvalue weighted by Gasteiger charge is 1.99. The van der Waals surface area contributed by atoms with E-state index >= 15 is 0 Å². The van der Waals surface area contributed by atoms with Crippen LogP contribution in [-0.2, 0) is 4.79 Å². The molecule has 0 spiro atoms. The largest absolute Gasteiger partial charge is 0.376 e. The number of benzene rings is 2. The maximum absolute atomic E-state index is 11.7. The molecule has 2 rings (SSSR count). The zero-order valence-corrected chi connectivity index (χ0v) is 12.3. The van der Waals surface area contributed by atoms with Crippen LogP contribution in [0.5, 0.6) is 0 Å². The van der Waals surface area contributed by atoms with Gasteiger partial charge in [0.1, 0.15) is 0 Å². The Morgan fingerprint density at radius 1 is 1.10 bits per heavy atom. The first-order valence-electron chi connectivity index (χ1n) is 6.82. The molecule has 0 saturated heterocycles. The Bertz CT molecular complexity index is 633. The quantitative estimate of drug-likeness (QED) is 0.654. The smallest absolute Gasteiger partial charge is 0.259 e. The number of rotatable bonds is 5. The van der Waals surface area contributed by atoms with Crippen molar-refractivity contribution in [1.29, 1.82) is 0 Å². The van der Waals surface area contributed by atoms with E-state index in [1.54, 1.807) is 6.21 Å². The van der Waals surface area contributed by atoms with Crippen LogP contribution in [0.2, 0.25) is 0 Å². The van der Waals surface area contributed by atoms with Gasteiger partial charge >= 0.3 is 0 Å². The van der Waals surface area contributed by atoms with E-state index in [0.717, 1.165) is 16.8 Å². The maximum Gasteiger partial charge on any atom is 0.259 e. The van der Waals surface area contributed by atoms with Crippen LogP contribution in [0.15, 0.2) is 53.6 Å². The van der Waals surface area contributed by atoms with Gasteiger partial charge in [0, 0.05) is 5.69 Å². The van der Waals surface area contributed by atoms with Crippen LogP contribution >= 0.6 is 0 Å².